The van der Waals surface area contributed by atoms with Gasteiger partial charge in [0.1, 0.15) is 17.2 Å². The largest absolute Gasteiger partial charge is 0.305 e. The van der Waals surface area contributed by atoms with Crippen LogP contribution in [0.25, 0.3) is 22.4 Å². The van der Waals surface area contributed by atoms with Crippen molar-refractivity contribution in [3.8, 4) is 11.4 Å². The van der Waals surface area contributed by atoms with Crippen molar-refractivity contribution in [3.63, 3.8) is 0 Å². The lowest BCUT2D eigenvalue weighted by Gasteiger charge is -2.03. The fourth-order valence-corrected chi connectivity index (χ4v) is 2.47. The van der Waals surface area contributed by atoms with Gasteiger partial charge in [-0.25, -0.2) is 9.37 Å². The first kappa shape index (κ1) is 14.4. The zero-order valence-corrected chi connectivity index (χ0v) is 12.7. The Hall–Kier alpha value is -2.50. The number of hydrogen-bond donors (Lipinski definition) is 1. The van der Waals surface area contributed by atoms with E-state index in [1.54, 1.807) is 16.8 Å². The number of rotatable bonds is 3. The van der Waals surface area contributed by atoms with E-state index in [0.717, 1.165) is 5.69 Å². The van der Waals surface area contributed by atoms with E-state index in [0.29, 0.717) is 29.0 Å². The van der Waals surface area contributed by atoms with Gasteiger partial charge in [0.25, 0.3) is 5.56 Å². The highest BCUT2D eigenvalue weighted by Gasteiger charge is 2.18. The maximum atomic E-state index is 13.0. The molecule has 0 spiro atoms. The molecule has 6 heteroatoms. The van der Waals surface area contributed by atoms with Crippen LogP contribution in [0.15, 0.2) is 29.1 Å². The number of aromatic amines is 1. The lowest BCUT2D eigenvalue weighted by atomic mass is 10.1. The number of H-pyrrole nitrogens is 1. The number of halogens is 1. The van der Waals surface area contributed by atoms with Gasteiger partial charge >= 0.3 is 0 Å². The van der Waals surface area contributed by atoms with Crippen molar-refractivity contribution in [2.24, 2.45) is 0 Å². The lowest BCUT2D eigenvalue weighted by molar-refractivity contribution is 0.628. The average molecular weight is 300 g/mol. The average Bonchev–Trinajstić information content (AvgIpc) is 2.87. The Morgan fingerprint density at radius 3 is 2.55 bits per heavy atom. The first-order chi connectivity index (χ1) is 10.5. The Labute approximate surface area is 126 Å². The number of aryl methyl sites for hydroxylation is 1. The number of aromatic nitrogens is 4. The number of fused-ring (bicyclic) bond motifs is 1. The molecule has 1 N–H and O–H groups in total. The summed E-state index contributed by atoms with van der Waals surface area (Å²) in [6, 6.07) is 5.88. The Balaban J connectivity index is 2.29. The maximum Gasteiger partial charge on any atom is 0.277 e. The van der Waals surface area contributed by atoms with E-state index in [-0.39, 0.29) is 17.3 Å². The molecule has 0 unspecified atom stereocenters. The molecular weight excluding hydrogens is 283 g/mol. The van der Waals surface area contributed by atoms with Crippen molar-refractivity contribution in [1.29, 1.82) is 0 Å². The summed E-state index contributed by atoms with van der Waals surface area (Å²) in [6.07, 6.45) is 0. The van der Waals surface area contributed by atoms with E-state index >= 15 is 0 Å². The van der Waals surface area contributed by atoms with Crippen LogP contribution in [0.4, 0.5) is 4.39 Å². The van der Waals surface area contributed by atoms with Crippen LogP contribution in [0.5, 0.6) is 0 Å². The molecule has 0 saturated heterocycles. The minimum atomic E-state index is -0.325. The molecule has 0 radical (unpaired) electrons. The second-order valence-electron chi connectivity index (χ2n) is 5.47. The number of nitrogens with zero attached hydrogens (tertiary/aromatic N) is 3. The third kappa shape index (κ3) is 2.30. The van der Waals surface area contributed by atoms with Gasteiger partial charge in [-0.1, -0.05) is 13.8 Å². The number of nitrogens with one attached hydrogen (secondary N) is 1. The molecule has 3 aromatic rings. The fraction of sp³-hybridized carbons (Fsp3) is 0.312. The number of benzene rings is 1. The Morgan fingerprint density at radius 2 is 1.95 bits per heavy atom. The van der Waals surface area contributed by atoms with E-state index in [1.165, 1.54) is 12.1 Å². The zero-order valence-electron chi connectivity index (χ0n) is 12.7. The van der Waals surface area contributed by atoms with Crippen molar-refractivity contribution in [2.75, 3.05) is 0 Å². The zero-order chi connectivity index (χ0) is 15.9. The van der Waals surface area contributed by atoms with Crippen molar-refractivity contribution < 1.29 is 4.39 Å². The quantitative estimate of drug-likeness (QED) is 0.808. The highest BCUT2D eigenvalue weighted by atomic mass is 19.1. The second kappa shape index (κ2) is 5.36. The second-order valence-corrected chi connectivity index (χ2v) is 5.47. The normalized spacial score (nSPS) is 11.5. The molecule has 2 heterocycles. The van der Waals surface area contributed by atoms with Gasteiger partial charge in [-0.2, -0.15) is 5.10 Å². The summed E-state index contributed by atoms with van der Waals surface area (Å²) in [5, 5.41) is 4.49. The van der Waals surface area contributed by atoms with E-state index in [1.807, 2.05) is 20.8 Å². The number of hydrogen-bond acceptors (Lipinski definition) is 3. The van der Waals surface area contributed by atoms with Crippen molar-refractivity contribution in [1.82, 2.24) is 19.7 Å². The molecule has 0 atom stereocenters. The molecule has 3 rings (SSSR count). The Morgan fingerprint density at radius 1 is 1.27 bits per heavy atom. The highest BCUT2D eigenvalue weighted by molar-refractivity contribution is 5.79. The predicted molar refractivity (Wildman–Crippen MR) is 83.3 cm³/mol. The first-order valence-corrected chi connectivity index (χ1v) is 7.28. The third-order valence-corrected chi connectivity index (χ3v) is 3.59. The van der Waals surface area contributed by atoms with E-state index in [2.05, 4.69) is 15.1 Å². The third-order valence-electron chi connectivity index (χ3n) is 3.59. The molecule has 2 aromatic heterocycles. The minimum absolute atomic E-state index is 0.158. The van der Waals surface area contributed by atoms with E-state index < -0.39 is 0 Å². The van der Waals surface area contributed by atoms with Gasteiger partial charge in [0.15, 0.2) is 5.52 Å². The van der Waals surface area contributed by atoms with Gasteiger partial charge in [-0.15, -0.1) is 0 Å². The molecule has 5 nitrogen and oxygen atoms in total. The minimum Gasteiger partial charge on any atom is -0.305 e. The van der Waals surface area contributed by atoms with Gasteiger partial charge in [-0.3, -0.25) is 9.48 Å². The van der Waals surface area contributed by atoms with Crippen LogP contribution in [0.1, 0.15) is 32.4 Å². The Bertz CT molecular complexity index is 878. The first-order valence-electron chi connectivity index (χ1n) is 7.28. The van der Waals surface area contributed by atoms with Crippen LogP contribution in [0.3, 0.4) is 0 Å². The van der Waals surface area contributed by atoms with Gasteiger partial charge in [0.05, 0.1) is 5.69 Å². The van der Waals surface area contributed by atoms with Crippen LogP contribution in [-0.2, 0) is 6.54 Å². The molecule has 0 bridgehead atoms. The molecule has 0 aliphatic heterocycles. The summed E-state index contributed by atoms with van der Waals surface area (Å²) in [4.78, 5) is 19.8. The standard InChI is InChI=1S/C16H17FN4O/c1-4-21-14-13(12(20-21)9(2)3)18-15(19-16(14)22)10-5-7-11(17)8-6-10/h5-9H,4H2,1-3H3,(H,18,19,22). The summed E-state index contributed by atoms with van der Waals surface area (Å²) in [6.45, 7) is 6.57. The Kier molecular flexibility index (Phi) is 3.52. The van der Waals surface area contributed by atoms with Crippen molar-refractivity contribution in [3.05, 3.63) is 46.1 Å². The molecular formula is C16H17FN4O. The summed E-state index contributed by atoms with van der Waals surface area (Å²) in [5.74, 6) is 0.259. The van der Waals surface area contributed by atoms with Gasteiger partial charge in [-0.05, 0) is 37.1 Å². The van der Waals surface area contributed by atoms with Gasteiger partial charge in [0.2, 0.25) is 0 Å². The lowest BCUT2D eigenvalue weighted by Crippen LogP contribution is -2.13. The van der Waals surface area contributed by atoms with Crippen molar-refractivity contribution in [2.45, 2.75) is 33.2 Å². The smallest absolute Gasteiger partial charge is 0.277 e. The van der Waals surface area contributed by atoms with Gasteiger partial charge in [0, 0.05) is 12.1 Å². The van der Waals surface area contributed by atoms with Crippen LogP contribution in [0.2, 0.25) is 0 Å². The van der Waals surface area contributed by atoms with Crippen LogP contribution >= 0.6 is 0 Å². The predicted octanol–water partition coefficient (Wildman–Crippen LogP) is 3.07. The molecule has 0 fully saturated rings. The summed E-state index contributed by atoms with van der Waals surface area (Å²) in [7, 11) is 0. The molecule has 114 valence electrons. The molecule has 1 aromatic carbocycles. The van der Waals surface area contributed by atoms with Crippen molar-refractivity contribution >= 4 is 11.0 Å². The summed E-state index contributed by atoms with van der Waals surface area (Å²) >= 11 is 0. The molecule has 0 amide bonds. The molecule has 0 aliphatic carbocycles. The summed E-state index contributed by atoms with van der Waals surface area (Å²) in [5.41, 5.74) is 2.33. The SMILES string of the molecule is CCn1nc(C(C)C)c2nc(-c3ccc(F)cc3)[nH]c(=O)c21. The molecule has 0 saturated carbocycles. The monoisotopic (exact) mass is 300 g/mol. The molecule has 0 aliphatic rings. The van der Waals surface area contributed by atoms with Crippen LogP contribution in [0, 0.1) is 5.82 Å². The maximum absolute atomic E-state index is 13.0. The topological polar surface area (TPSA) is 63.6 Å². The van der Waals surface area contributed by atoms with Gasteiger partial charge < -0.3 is 4.98 Å². The van der Waals surface area contributed by atoms with Crippen LogP contribution in [-0.4, -0.2) is 19.7 Å². The van der Waals surface area contributed by atoms with E-state index in [4.69, 9.17) is 0 Å². The van der Waals surface area contributed by atoms with E-state index in [9.17, 15) is 9.18 Å². The molecule has 22 heavy (non-hydrogen) atoms. The van der Waals surface area contributed by atoms with Crippen LogP contribution < -0.4 is 5.56 Å². The fourth-order valence-electron chi connectivity index (χ4n) is 2.47. The highest BCUT2D eigenvalue weighted by Crippen LogP contribution is 2.23. The summed E-state index contributed by atoms with van der Waals surface area (Å²) < 4.78 is 14.7.